The number of hydrogen-bond acceptors (Lipinski definition) is 3. The van der Waals surface area contributed by atoms with Gasteiger partial charge in [0.15, 0.2) is 9.84 Å². The average molecular weight is 175 g/mol. The first-order chi connectivity index (χ1) is 5.17. The van der Waals surface area contributed by atoms with E-state index in [1.807, 2.05) is 7.05 Å². The van der Waals surface area contributed by atoms with E-state index in [0.717, 1.165) is 13.0 Å². The molecule has 2 fully saturated rings. The smallest absolute Gasteiger partial charge is 0.153 e. The lowest BCUT2D eigenvalue weighted by atomic mass is 10.2. The maximum atomic E-state index is 11.3. The van der Waals surface area contributed by atoms with Gasteiger partial charge in [-0.2, -0.15) is 0 Å². The minimum absolute atomic E-state index is 0.0231. The van der Waals surface area contributed by atoms with Crippen LogP contribution in [0.3, 0.4) is 0 Å². The molecule has 2 rings (SSSR count). The fraction of sp³-hybridized carbons (Fsp3) is 1.00. The fourth-order valence-corrected chi connectivity index (χ4v) is 4.74. The largest absolute Gasteiger partial charge is 0.319 e. The zero-order valence-electron chi connectivity index (χ0n) is 6.58. The molecule has 1 aliphatic heterocycles. The molecule has 0 aromatic rings. The molecule has 0 spiro atoms. The number of nitrogens with one attached hydrogen (secondary N) is 1. The molecule has 3 nitrogen and oxygen atoms in total. The zero-order chi connectivity index (χ0) is 8.06. The molecule has 1 aliphatic carbocycles. The van der Waals surface area contributed by atoms with Gasteiger partial charge in [0, 0.05) is 0 Å². The molecule has 0 aromatic carbocycles. The molecule has 0 bridgehead atoms. The van der Waals surface area contributed by atoms with Gasteiger partial charge in [-0.05, 0) is 31.8 Å². The summed E-state index contributed by atoms with van der Waals surface area (Å²) < 4.78 is 22.5. The van der Waals surface area contributed by atoms with Crippen LogP contribution in [0.25, 0.3) is 0 Å². The van der Waals surface area contributed by atoms with E-state index in [4.69, 9.17) is 0 Å². The molecule has 1 heterocycles. The predicted octanol–water partition coefficient (Wildman–Crippen LogP) is -0.361. The van der Waals surface area contributed by atoms with Gasteiger partial charge in [-0.1, -0.05) is 0 Å². The normalized spacial score (nSPS) is 45.4. The van der Waals surface area contributed by atoms with Crippen LogP contribution in [-0.4, -0.2) is 33.0 Å². The van der Waals surface area contributed by atoms with Crippen molar-refractivity contribution in [1.82, 2.24) is 5.32 Å². The average Bonchev–Trinajstić information content (AvgIpc) is 2.51. The molecule has 64 valence electrons. The van der Waals surface area contributed by atoms with E-state index >= 15 is 0 Å². The summed E-state index contributed by atoms with van der Waals surface area (Å²) >= 11 is 0. The molecule has 1 saturated heterocycles. The second kappa shape index (κ2) is 2.20. The Morgan fingerprint density at radius 1 is 1.55 bits per heavy atom. The van der Waals surface area contributed by atoms with E-state index in [1.165, 1.54) is 0 Å². The number of rotatable bonds is 2. The second-order valence-corrected chi connectivity index (χ2v) is 5.78. The highest BCUT2D eigenvalue weighted by Crippen LogP contribution is 2.52. The lowest BCUT2D eigenvalue weighted by molar-refractivity contribution is 0.582. The van der Waals surface area contributed by atoms with Crippen molar-refractivity contribution in [2.24, 2.45) is 11.8 Å². The van der Waals surface area contributed by atoms with E-state index in [-0.39, 0.29) is 5.25 Å². The van der Waals surface area contributed by atoms with Crippen LogP contribution < -0.4 is 5.32 Å². The van der Waals surface area contributed by atoms with Crippen molar-refractivity contribution in [1.29, 1.82) is 0 Å². The summed E-state index contributed by atoms with van der Waals surface area (Å²) in [6.45, 7) is 0.870. The van der Waals surface area contributed by atoms with Gasteiger partial charge in [0.05, 0.1) is 11.0 Å². The second-order valence-electron chi connectivity index (χ2n) is 3.51. The van der Waals surface area contributed by atoms with E-state index in [2.05, 4.69) is 5.32 Å². The van der Waals surface area contributed by atoms with Crippen LogP contribution in [0, 0.1) is 11.8 Å². The van der Waals surface area contributed by atoms with Crippen LogP contribution in [0.2, 0.25) is 0 Å². The molecule has 0 aromatic heterocycles. The minimum Gasteiger partial charge on any atom is -0.319 e. The quantitative estimate of drug-likeness (QED) is 0.623. The first kappa shape index (κ1) is 7.55. The summed E-state index contributed by atoms with van der Waals surface area (Å²) in [5, 5.41) is 3.05. The lowest BCUT2D eigenvalue weighted by Crippen LogP contribution is -2.18. The summed E-state index contributed by atoms with van der Waals surface area (Å²) in [5.41, 5.74) is 0. The maximum Gasteiger partial charge on any atom is 0.153 e. The van der Waals surface area contributed by atoms with Gasteiger partial charge < -0.3 is 5.32 Å². The van der Waals surface area contributed by atoms with Gasteiger partial charge in [0.25, 0.3) is 0 Å². The highest BCUT2D eigenvalue weighted by atomic mass is 32.2. The number of fused-ring (bicyclic) bond motifs is 1. The molecule has 3 unspecified atom stereocenters. The maximum absolute atomic E-state index is 11.3. The van der Waals surface area contributed by atoms with Crippen LogP contribution >= 0.6 is 0 Å². The van der Waals surface area contributed by atoms with E-state index in [0.29, 0.717) is 17.6 Å². The number of hydrogen-bond donors (Lipinski definition) is 1. The monoisotopic (exact) mass is 175 g/mol. The molecule has 11 heavy (non-hydrogen) atoms. The third-order valence-electron chi connectivity index (χ3n) is 2.84. The van der Waals surface area contributed by atoms with Crippen molar-refractivity contribution in [2.45, 2.75) is 11.7 Å². The molecule has 4 heteroatoms. The van der Waals surface area contributed by atoms with E-state index in [9.17, 15) is 8.42 Å². The molecule has 0 radical (unpaired) electrons. The summed E-state index contributed by atoms with van der Waals surface area (Å²) in [6, 6.07) is 0. The van der Waals surface area contributed by atoms with Crippen LogP contribution in [0.1, 0.15) is 6.42 Å². The molecule has 2 aliphatic rings. The third-order valence-corrected chi connectivity index (χ3v) is 5.18. The summed E-state index contributed by atoms with van der Waals surface area (Å²) in [5.74, 6) is 1.36. The predicted molar refractivity (Wildman–Crippen MR) is 43.1 cm³/mol. The van der Waals surface area contributed by atoms with Crippen LogP contribution in [0.15, 0.2) is 0 Å². The first-order valence-corrected chi connectivity index (χ1v) is 5.74. The SMILES string of the molecule is CNCC1C2CCS(=O)(=O)C21. The van der Waals surface area contributed by atoms with Crippen LogP contribution in [0.5, 0.6) is 0 Å². The standard InChI is InChI=1S/C7H13NO2S/c1-8-4-6-5-2-3-11(9,10)7(5)6/h5-8H,2-4H2,1H3. The third kappa shape index (κ3) is 0.999. The van der Waals surface area contributed by atoms with Crippen molar-refractivity contribution < 1.29 is 8.42 Å². The van der Waals surface area contributed by atoms with Crippen molar-refractivity contribution in [3.8, 4) is 0 Å². The first-order valence-electron chi connectivity index (χ1n) is 4.03. The highest BCUT2D eigenvalue weighted by molar-refractivity contribution is 7.92. The van der Waals surface area contributed by atoms with Gasteiger partial charge in [-0.25, -0.2) is 8.42 Å². The van der Waals surface area contributed by atoms with Crippen molar-refractivity contribution in [3.63, 3.8) is 0 Å². The van der Waals surface area contributed by atoms with Gasteiger partial charge in [0.1, 0.15) is 0 Å². The number of sulfone groups is 1. The molecule has 0 amide bonds. The topological polar surface area (TPSA) is 46.2 Å². The van der Waals surface area contributed by atoms with Crippen LogP contribution in [0.4, 0.5) is 0 Å². The molecule has 1 saturated carbocycles. The molecule has 3 atom stereocenters. The molecule has 1 N–H and O–H groups in total. The Bertz CT molecular complexity index is 260. The Hall–Kier alpha value is -0.0900. The highest BCUT2D eigenvalue weighted by Gasteiger charge is 2.61. The Balaban J connectivity index is 2.07. The molecular formula is C7H13NO2S. The zero-order valence-corrected chi connectivity index (χ0v) is 7.39. The Kier molecular flexibility index (Phi) is 1.51. The summed E-state index contributed by atoms with van der Waals surface area (Å²) in [4.78, 5) is 0. The van der Waals surface area contributed by atoms with Crippen molar-refractivity contribution in [3.05, 3.63) is 0 Å². The summed E-state index contributed by atoms with van der Waals surface area (Å²) in [7, 11) is -0.787. The lowest BCUT2D eigenvalue weighted by Gasteiger charge is -2.01. The Labute approximate surface area is 67.1 Å². The van der Waals surface area contributed by atoms with Crippen molar-refractivity contribution >= 4 is 9.84 Å². The van der Waals surface area contributed by atoms with E-state index in [1.54, 1.807) is 0 Å². The minimum atomic E-state index is -2.66. The Morgan fingerprint density at radius 2 is 2.27 bits per heavy atom. The fourth-order valence-electron chi connectivity index (χ4n) is 2.26. The van der Waals surface area contributed by atoms with Gasteiger partial charge in [-0.15, -0.1) is 0 Å². The van der Waals surface area contributed by atoms with Gasteiger partial charge in [0.2, 0.25) is 0 Å². The molecular weight excluding hydrogens is 162 g/mol. The van der Waals surface area contributed by atoms with E-state index < -0.39 is 9.84 Å². The van der Waals surface area contributed by atoms with Crippen molar-refractivity contribution in [2.75, 3.05) is 19.3 Å². The van der Waals surface area contributed by atoms with Gasteiger partial charge >= 0.3 is 0 Å². The summed E-state index contributed by atoms with van der Waals surface area (Å²) in [6.07, 6.45) is 0.902. The van der Waals surface area contributed by atoms with Gasteiger partial charge in [-0.3, -0.25) is 0 Å². The van der Waals surface area contributed by atoms with Crippen LogP contribution in [-0.2, 0) is 9.84 Å². The Morgan fingerprint density at radius 3 is 2.73 bits per heavy atom.